The minimum atomic E-state index is -0.824. The molecule has 0 aromatic carbocycles. The number of hydrogen-bond donors (Lipinski definition) is 1. The van der Waals surface area contributed by atoms with Crippen LogP contribution in [-0.4, -0.2) is 23.8 Å². The Morgan fingerprint density at radius 2 is 1.59 bits per heavy atom. The number of rotatable bonds is 12. The van der Waals surface area contributed by atoms with Gasteiger partial charge in [0, 0.05) is 6.61 Å². The van der Waals surface area contributed by atoms with E-state index >= 15 is 0 Å². The van der Waals surface area contributed by atoms with Crippen LogP contribution in [0.1, 0.15) is 71.6 Å². The smallest absolute Gasteiger partial charge is 0.332 e. The third-order valence-corrected chi connectivity index (χ3v) is 2.89. The highest BCUT2D eigenvalue weighted by Crippen LogP contribution is 2.08. The molecule has 0 aliphatic heterocycles. The number of carboxylic acid groups (broad SMARTS) is 1. The standard InChI is InChI=1S/C14H28O3/c1-3-5-6-7-8-9-10-12-17-13(11-4-2)14(15)16/h13H,3-12H2,1-2H3,(H,15,16). The van der Waals surface area contributed by atoms with Crippen LogP contribution in [0.2, 0.25) is 0 Å². The maximum atomic E-state index is 10.8. The minimum absolute atomic E-state index is 0.588. The number of hydrogen-bond acceptors (Lipinski definition) is 2. The van der Waals surface area contributed by atoms with Crippen LogP contribution in [0.5, 0.6) is 0 Å². The molecule has 0 aromatic heterocycles. The summed E-state index contributed by atoms with van der Waals surface area (Å²) in [5.74, 6) is -0.824. The van der Waals surface area contributed by atoms with Crippen molar-refractivity contribution in [3.63, 3.8) is 0 Å². The zero-order valence-corrected chi connectivity index (χ0v) is 11.4. The number of carboxylic acids is 1. The summed E-state index contributed by atoms with van der Waals surface area (Å²) in [6.07, 6.45) is 9.49. The number of ether oxygens (including phenoxy) is 1. The Labute approximate surface area is 106 Å². The van der Waals surface area contributed by atoms with Gasteiger partial charge in [-0.15, -0.1) is 0 Å². The predicted molar refractivity (Wildman–Crippen MR) is 70.3 cm³/mol. The Hall–Kier alpha value is -0.570. The summed E-state index contributed by atoms with van der Waals surface area (Å²) in [5.41, 5.74) is 0. The predicted octanol–water partition coefficient (Wildman–Crippen LogP) is 4.01. The third kappa shape index (κ3) is 10.3. The molecule has 102 valence electrons. The first-order chi connectivity index (χ1) is 8.22. The lowest BCUT2D eigenvalue weighted by molar-refractivity contribution is -0.150. The van der Waals surface area contributed by atoms with Crippen molar-refractivity contribution in [2.24, 2.45) is 0 Å². The van der Waals surface area contributed by atoms with E-state index in [1.54, 1.807) is 0 Å². The highest BCUT2D eigenvalue weighted by atomic mass is 16.5. The Kier molecular flexibility index (Phi) is 11.5. The lowest BCUT2D eigenvalue weighted by Gasteiger charge is -2.12. The topological polar surface area (TPSA) is 46.5 Å². The molecule has 17 heavy (non-hydrogen) atoms. The van der Waals surface area contributed by atoms with E-state index in [1.165, 1.54) is 32.1 Å². The molecule has 0 aromatic rings. The van der Waals surface area contributed by atoms with Gasteiger partial charge in [0.15, 0.2) is 6.10 Å². The molecule has 1 atom stereocenters. The van der Waals surface area contributed by atoms with E-state index in [9.17, 15) is 4.79 Å². The second-order valence-electron chi connectivity index (χ2n) is 4.61. The van der Waals surface area contributed by atoms with E-state index in [0.717, 1.165) is 19.3 Å². The molecule has 1 N–H and O–H groups in total. The lowest BCUT2D eigenvalue weighted by Crippen LogP contribution is -2.24. The molecule has 1 unspecified atom stereocenters. The summed E-state index contributed by atoms with van der Waals surface area (Å²) >= 11 is 0. The van der Waals surface area contributed by atoms with Crippen LogP contribution in [-0.2, 0) is 9.53 Å². The maximum Gasteiger partial charge on any atom is 0.332 e. The molecule has 0 saturated carbocycles. The average Bonchev–Trinajstić information content (AvgIpc) is 2.31. The largest absolute Gasteiger partial charge is 0.479 e. The summed E-state index contributed by atoms with van der Waals surface area (Å²) in [5, 5.41) is 8.88. The summed E-state index contributed by atoms with van der Waals surface area (Å²) in [6, 6.07) is 0. The average molecular weight is 244 g/mol. The summed E-state index contributed by atoms with van der Waals surface area (Å²) in [7, 11) is 0. The Bertz CT molecular complexity index is 180. The SMILES string of the molecule is CCCCCCCCCOC(CCC)C(=O)O. The molecule has 0 spiro atoms. The van der Waals surface area contributed by atoms with Gasteiger partial charge in [-0.25, -0.2) is 4.79 Å². The normalized spacial score (nSPS) is 12.6. The third-order valence-electron chi connectivity index (χ3n) is 2.89. The fourth-order valence-corrected chi connectivity index (χ4v) is 1.83. The first kappa shape index (κ1) is 16.4. The molecule has 0 heterocycles. The van der Waals surface area contributed by atoms with Gasteiger partial charge in [0.1, 0.15) is 0 Å². The van der Waals surface area contributed by atoms with E-state index in [4.69, 9.17) is 9.84 Å². The van der Waals surface area contributed by atoms with Gasteiger partial charge in [0.05, 0.1) is 0 Å². The van der Waals surface area contributed by atoms with Gasteiger partial charge in [-0.3, -0.25) is 0 Å². The van der Waals surface area contributed by atoms with Crippen LogP contribution in [0.3, 0.4) is 0 Å². The van der Waals surface area contributed by atoms with Crippen molar-refractivity contribution < 1.29 is 14.6 Å². The quantitative estimate of drug-likeness (QED) is 0.528. The lowest BCUT2D eigenvalue weighted by atomic mass is 10.1. The Balaban J connectivity index is 3.33. The van der Waals surface area contributed by atoms with Crippen LogP contribution in [0, 0.1) is 0 Å². The van der Waals surface area contributed by atoms with Crippen LogP contribution < -0.4 is 0 Å². The monoisotopic (exact) mass is 244 g/mol. The first-order valence-corrected chi connectivity index (χ1v) is 7.06. The summed E-state index contributed by atoms with van der Waals surface area (Å²) in [6.45, 7) is 4.78. The Morgan fingerprint density at radius 1 is 1.00 bits per heavy atom. The second-order valence-corrected chi connectivity index (χ2v) is 4.61. The van der Waals surface area contributed by atoms with E-state index in [2.05, 4.69) is 6.92 Å². The molecule has 0 aliphatic carbocycles. The second kappa shape index (κ2) is 11.9. The molecule has 0 fully saturated rings. The zero-order valence-electron chi connectivity index (χ0n) is 11.4. The molecule has 0 radical (unpaired) electrons. The van der Waals surface area contributed by atoms with Crippen LogP contribution in [0.4, 0.5) is 0 Å². The van der Waals surface area contributed by atoms with Gasteiger partial charge in [0.2, 0.25) is 0 Å². The van der Waals surface area contributed by atoms with Crippen molar-refractivity contribution in [1.82, 2.24) is 0 Å². The molecule has 3 heteroatoms. The van der Waals surface area contributed by atoms with E-state index < -0.39 is 12.1 Å². The fraction of sp³-hybridized carbons (Fsp3) is 0.929. The number of aliphatic carboxylic acids is 1. The van der Waals surface area contributed by atoms with Crippen molar-refractivity contribution in [1.29, 1.82) is 0 Å². The van der Waals surface area contributed by atoms with E-state index in [0.29, 0.717) is 13.0 Å². The molecule has 0 bridgehead atoms. The van der Waals surface area contributed by atoms with Crippen LogP contribution in [0.25, 0.3) is 0 Å². The van der Waals surface area contributed by atoms with Gasteiger partial charge in [0.25, 0.3) is 0 Å². The fourth-order valence-electron chi connectivity index (χ4n) is 1.83. The van der Waals surface area contributed by atoms with Gasteiger partial charge in [-0.1, -0.05) is 58.8 Å². The minimum Gasteiger partial charge on any atom is -0.479 e. The molecular weight excluding hydrogens is 216 g/mol. The molecular formula is C14H28O3. The zero-order chi connectivity index (χ0) is 12.9. The number of unbranched alkanes of at least 4 members (excludes halogenated alkanes) is 6. The van der Waals surface area contributed by atoms with Crippen molar-refractivity contribution in [2.75, 3.05) is 6.61 Å². The van der Waals surface area contributed by atoms with Gasteiger partial charge in [-0.2, -0.15) is 0 Å². The van der Waals surface area contributed by atoms with Gasteiger partial charge >= 0.3 is 5.97 Å². The maximum absolute atomic E-state index is 10.8. The highest BCUT2D eigenvalue weighted by molar-refractivity contribution is 5.72. The van der Waals surface area contributed by atoms with Crippen LogP contribution in [0.15, 0.2) is 0 Å². The number of carbonyl (C=O) groups is 1. The summed E-state index contributed by atoms with van der Waals surface area (Å²) in [4.78, 5) is 10.8. The van der Waals surface area contributed by atoms with Crippen molar-refractivity contribution in [2.45, 2.75) is 77.7 Å². The molecule has 0 saturated heterocycles. The summed E-state index contributed by atoms with van der Waals surface area (Å²) < 4.78 is 5.37. The van der Waals surface area contributed by atoms with Crippen LogP contribution >= 0.6 is 0 Å². The van der Waals surface area contributed by atoms with Crippen molar-refractivity contribution >= 4 is 5.97 Å². The molecule has 0 amide bonds. The van der Waals surface area contributed by atoms with E-state index in [-0.39, 0.29) is 0 Å². The van der Waals surface area contributed by atoms with E-state index in [1.807, 2.05) is 6.92 Å². The highest BCUT2D eigenvalue weighted by Gasteiger charge is 2.15. The van der Waals surface area contributed by atoms with Crippen molar-refractivity contribution in [3.8, 4) is 0 Å². The first-order valence-electron chi connectivity index (χ1n) is 7.06. The molecule has 0 rings (SSSR count). The Morgan fingerprint density at radius 3 is 2.12 bits per heavy atom. The van der Waals surface area contributed by atoms with Crippen molar-refractivity contribution in [3.05, 3.63) is 0 Å². The van der Waals surface area contributed by atoms with Gasteiger partial charge in [-0.05, 0) is 12.8 Å². The molecule has 3 nitrogen and oxygen atoms in total. The molecule has 0 aliphatic rings. The van der Waals surface area contributed by atoms with Gasteiger partial charge < -0.3 is 9.84 Å².